The summed E-state index contributed by atoms with van der Waals surface area (Å²) in [7, 11) is 0. The predicted octanol–water partition coefficient (Wildman–Crippen LogP) is 2.86. The lowest BCUT2D eigenvalue weighted by molar-refractivity contribution is -0.118. The highest BCUT2D eigenvalue weighted by atomic mass is 19.1. The number of rotatable bonds is 4. The van der Waals surface area contributed by atoms with Gasteiger partial charge in [0.05, 0.1) is 5.69 Å². The number of carbonyl (C=O) groups is 2. The van der Waals surface area contributed by atoms with Crippen molar-refractivity contribution in [2.24, 2.45) is 0 Å². The zero-order chi connectivity index (χ0) is 20.5. The van der Waals surface area contributed by atoms with E-state index in [9.17, 15) is 18.4 Å². The van der Waals surface area contributed by atoms with Gasteiger partial charge in [0.2, 0.25) is 5.91 Å². The minimum atomic E-state index is -0.924. The largest absolute Gasteiger partial charge is 0.360 e. The summed E-state index contributed by atoms with van der Waals surface area (Å²) in [5.74, 6) is -2.56. The number of amides is 2. The highest BCUT2D eigenvalue weighted by molar-refractivity contribution is 6.06. The Morgan fingerprint density at radius 1 is 1.21 bits per heavy atom. The molecule has 7 nitrogen and oxygen atoms in total. The Labute approximate surface area is 164 Å². The number of nitrogens with one attached hydrogen (secondary N) is 1. The van der Waals surface area contributed by atoms with Crippen LogP contribution >= 0.6 is 0 Å². The summed E-state index contributed by atoms with van der Waals surface area (Å²) < 4.78 is 33.2. The van der Waals surface area contributed by atoms with Crippen molar-refractivity contribution in [1.82, 2.24) is 15.5 Å². The number of anilines is 1. The van der Waals surface area contributed by atoms with Gasteiger partial charge < -0.3 is 14.7 Å². The van der Waals surface area contributed by atoms with Crippen LogP contribution in [0.1, 0.15) is 22.5 Å². The number of aromatic nitrogens is 2. The molecule has 0 bridgehead atoms. The van der Waals surface area contributed by atoms with Crippen molar-refractivity contribution in [3.63, 3.8) is 0 Å². The summed E-state index contributed by atoms with van der Waals surface area (Å²) >= 11 is 0. The van der Waals surface area contributed by atoms with Crippen molar-refractivity contribution < 1.29 is 22.9 Å². The SMILES string of the molecule is Cc1onc(-c2ccccn2)c1C(=O)NC1CCN(c2c(F)cccc2F)C1=O. The van der Waals surface area contributed by atoms with Gasteiger partial charge >= 0.3 is 0 Å². The van der Waals surface area contributed by atoms with E-state index in [0.717, 1.165) is 17.0 Å². The molecule has 1 aromatic carbocycles. The molecular formula is C20H16F2N4O3. The molecule has 0 radical (unpaired) electrons. The van der Waals surface area contributed by atoms with E-state index in [-0.39, 0.29) is 30.0 Å². The van der Waals surface area contributed by atoms with Gasteiger partial charge in [-0.2, -0.15) is 0 Å². The van der Waals surface area contributed by atoms with E-state index >= 15 is 0 Å². The van der Waals surface area contributed by atoms with Crippen LogP contribution in [0.4, 0.5) is 14.5 Å². The van der Waals surface area contributed by atoms with Crippen LogP contribution in [0.15, 0.2) is 47.1 Å². The summed E-state index contributed by atoms with van der Waals surface area (Å²) in [6.07, 6.45) is 1.77. The van der Waals surface area contributed by atoms with Gasteiger partial charge in [-0.1, -0.05) is 17.3 Å². The summed E-state index contributed by atoms with van der Waals surface area (Å²) in [5, 5.41) is 6.51. The van der Waals surface area contributed by atoms with Crippen LogP contribution < -0.4 is 10.2 Å². The smallest absolute Gasteiger partial charge is 0.257 e. The first-order valence-corrected chi connectivity index (χ1v) is 8.91. The number of pyridine rings is 1. The maximum absolute atomic E-state index is 14.0. The Morgan fingerprint density at radius 2 is 1.97 bits per heavy atom. The van der Waals surface area contributed by atoms with Gasteiger partial charge in [-0.25, -0.2) is 8.78 Å². The molecule has 0 aliphatic carbocycles. The molecular weight excluding hydrogens is 382 g/mol. The topological polar surface area (TPSA) is 88.3 Å². The molecule has 0 saturated carbocycles. The molecule has 4 rings (SSSR count). The number of aryl methyl sites for hydroxylation is 1. The van der Waals surface area contributed by atoms with Gasteiger partial charge in [-0.3, -0.25) is 14.6 Å². The Hall–Kier alpha value is -3.62. The lowest BCUT2D eigenvalue weighted by Gasteiger charge is -2.18. The number of benzene rings is 1. The van der Waals surface area contributed by atoms with Crippen LogP contribution in [0.5, 0.6) is 0 Å². The Bertz CT molecular complexity index is 1060. The average molecular weight is 398 g/mol. The van der Waals surface area contributed by atoms with E-state index in [0.29, 0.717) is 5.69 Å². The van der Waals surface area contributed by atoms with E-state index in [1.54, 1.807) is 31.3 Å². The third kappa shape index (κ3) is 3.35. The third-order valence-corrected chi connectivity index (χ3v) is 4.72. The first-order valence-electron chi connectivity index (χ1n) is 8.91. The number of nitrogens with zero attached hydrogens (tertiary/aromatic N) is 3. The van der Waals surface area contributed by atoms with Crippen molar-refractivity contribution in [1.29, 1.82) is 0 Å². The van der Waals surface area contributed by atoms with Crippen LogP contribution in [0, 0.1) is 18.6 Å². The fourth-order valence-electron chi connectivity index (χ4n) is 3.33. The molecule has 9 heteroatoms. The molecule has 2 amide bonds. The van der Waals surface area contributed by atoms with Gasteiger partial charge in [0.25, 0.3) is 5.91 Å². The lowest BCUT2D eigenvalue weighted by Crippen LogP contribution is -2.42. The highest BCUT2D eigenvalue weighted by Crippen LogP contribution is 2.28. The highest BCUT2D eigenvalue weighted by Gasteiger charge is 2.37. The van der Waals surface area contributed by atoms with Gasteiger partial charge in [0.1, 0.15) is 40.4 Å². The van der Waals surface area contributed by atoms with Crippen molar-refractivity contribution >= 4 is 17.5 Å². The third-order valence-electron chi connectivity index (χ3n) is 4.72. The van der Waals surface area contributed by atoms with Crippen LogP contribution in [0.2, 0.25) is 0 Å². The van der Waals surface area contributed by atoms with Crippen LogP contribution in [-0.4, -0.2) is 34.5 Å². The van der Waals surface area contributed by atoms with Crippen molar-refractivity contribution in [3.8, 4) is 11.4 Å². The number of hydrogen-bond donors (Lipinski definition) is 1. The minimum absolute atomic E-state index is 0.0807. The zero-order valence-corrected chi connectivity index (χ0v) is 15.4. The van der Waals surface area contributed by atoms with E-state index < -0.39 is 35.2 Å². The summed E-state index contributed by atoms with van der Waals surface area (Å²) in [5.41, 5.74) is 0.446. The van der Waals surface area contributed by atoms with E-state index in [2.05, 4.69) is 15.5 Å². The molecule has 1 aliphatic rings. The lowest BCUT2D eigenvalue weighted by atomic mass is 10.1. The second kappa shape index (κ2) is 7.42. The van der Waals surface area contributed by atoms with E-state index in [4.69, 9.17) is 4.52 Å². The molecule has 3 aromatic rings. The fourth-order valence-corrected chi connectivity index (χ4v) is 3.33. The molecule has 148 valence electrons. The number of carbonyl (C=O) groups excluding carboxylic acids is 2. The molecule has 3 heterocycles. The second-order valence-corrected chi connectivity index (χ2v) is 6.55. The fraction of sp³-hybridized carbons (Fsp3) is 0.200. The summed E-state index contributed by atoms with van der Waals surface area (Å²) in [6, 6.07) is 7.61. The first-order chi connectivity index (χ1) is 14.0. The molecule has 1 atom stereocenters. The van der Waals surface area contributed by atoms with Crippen molar-refractivity contribution in [3.05, 3.63) is 65.6 Å². The normalized spacial score (nSPS) is 16.3. The molecule has 2 aromatic heterocycles. The van der Waals surface area contributed by atoms with Crippen LogP contribution in [-0.2, 0) is 4.79 Å². The van der Waals surface area contributed by atoms with Crippen LogP contribution in [0.3, 0.4) is 0 Å². The molecule has 0 spiro atoms. The molecule has 29 heavy (non-hydrogen) atoms. The van der Waals surface area contributed by atoms with Crippen LogP contribution in [0.25, 0.3) is 11.4 Å². The first kappa shape index (κ1) is 18.7. The summed E-state index contributed by atoms with van der Waals surface area (Å²) in [6.45, 7) is 1.66. The quantitative estimate of drug-likeness (QED) is 0.730. The van der Waals surface area contributed by atoms with Gasteiger partial charge in [0, 0.05) is 12.7 Å². The standard InChI is InChI=1S/C20H16F2N4O3/c1-11-16(17(25-29-11)14-7-2-3-9-23-14)19(27)24-15-8-10-26(20(15)28)18-12(21)5-4-6-13(18)22/h2-7,9,15H,8,10H2,1H3,(H,24,27). The van der Waals surface area contributed by atoms with Gasteiger partial charge in [0.15, 0.2) is 0 Å². The van der Waals surface area contributed by atoms with Gasteiger partial charge in [-0.15, -0.1) is 0 Å². The monoisotopic (exact) mass is 398 g/mol. The molecule has 1 aliphatic heterocycles. The molecule has 1 saturated heterocycles. The summed E-state index contributed by atoms with van der Waals surface area (Å²) in [4.78, 5) is 30.7. The maximum atomic E-state index is 14.0. The van der Waals surface area contributed by atoms with Crippen molar-refractivity contribution in [2.75, 3.05) is 11.4 Å². The molecule has 1 fully saturated rings. The number of para-hydroxylation sites is 1. The van der Waals surface area contributed by atoms with E-state index in [1.807, 2.05) is 0 Å². The predicted molar refractivity (Wildman–Crippen MR) is 99.1 cm³/mol. The number of halogens is 2. The Kier molecular flexibility index (Phi) is 4.79. The second-order valence-electron chi connectivity index (χ2n) is 6.55. The molecule has 1 N–H and O–H groups in total. The Morgan fingerprint density at radius 3 is 2.66 bits per heavy atom. The minimum Gasteiger partial charge on any atom is -0.360 e. The van der Waals surface area contributed by atoms with Gasteiger partial charge in [-0.05, 0) is 37.6 Å². The Balaban J connectivity index is 1.56. The zero-order valence-electron chi connectivity index (χ0n) is 15.4. The van der Waals surface area contributed by atoms with Crippen molar-refractivity contribution in [2.45, 2.75) is 19.4 Å². The van der Waals surface area contributed by atoms with E-state index in [1.165, 1.54) is 6.07 Å². The average Bonchev–Trinajstić information content (AvgIpc) is 3.26. The maximum Gasteiger partial charge on any atom is 0.257 e. The number of hydrogen-bond acceptors (Lipinski definition) is 5. The molecule has 1 unspecified atom stereocenters.